The van der Waals surface area contributed by atoms with E-state index >= 15 is 0 Å². The zero-order chi connectivity index (χ0) is 11.8. The van der Waals surface area contributed by atoms with E-state index in [9.17, 15) is 13.2 Å². The van der Waals surface area contributed by atoms with Crippen LogP contribution in [-0.4, -0.2) is 11.3 Å². The molecule has 6 heteroatoms. The minimum absolute atomic E-state index is 0.151. The number of aliphatic hydroxyl groups excluding tert-OH is 1. The van der Waals surface area contributed by atoms with Crippen molar-refractivity contribution >= 4 is 11.3 Å². The number of thiophene rings is 1. The van der Waals surface area contributed by atoms with Gasteiger partial charge < -0.3 is 9.52 Å². The van der Waals surface area contributed by atoms with Gasteiger partial charge in [-0.05, 0) is 23.6 Å². The molecule has 2 rings (SSSR count). The van der Waals surface area contributed by atoms with Crippen molar-refractivity contribution in [2.24, 2.45) is 0 Å². The number of aliphatic hydroxyl groups is 1. The molecule has 86 valence electrons. The third kappa shape index (κ3) is 1.98. The predicted octanol–water partition coefficient (Wildman–Crippen LogP) is 3.60. The summed E-state index contributed by atoms with van der Waals surface area (Å²) >= 11 is 0.853. The first-order valence-corrected chi connectivity index (χ1v) is 5.24. The van der Waals surface area contributed by atoms with Crippen molar-refractivity contribution in [1.29, 1.82) is 0 Å². The molecule has 2 aromatic rings. The topological polar surface area (TPSA) is 33.4 Å². The molecule has 1 N–H and O–H groups in total. The zero-order valence-corrected chi connectivity index (χ0v) is 8.68. The Morgan fingerprint density at radius 3 is 2.62 bits per heavy atom. The quantitative estimate of drug-likeness (QED) is 0.880. The van der Waals surface area contributed by atoms with Gasteiger partial charge in [0.15, 0.2) is 6.10 Å². The van der Waals surface area contributed by atoms with Crippen molar-refractivity contribution < 1.29 is 22.7 Å². The van der Waals surface area contributed by atoms with Crippen molar-refractivity contribution in [3.63, 3.8) is 0 Å². The third-order valence-corrected chi connectivity index (χ3v) is 3.01. The van der Waals surface area contributed by atoms with Crippen molar-refractivity contribution in [1.82, 2.24) is 0 Å². The van der Waals surface area contributed by atoms with Gasteiger partial charge in [0.2, 0.25) is 0 Å². The largest absolute Gasteiger partial charge is 0.464 e. The fourth-order valence-corrected chi connectivity index (χ4v) is 2.23. The molecule has 0 amide bonds. The molecule has 2 nitrogen and oxygen atoms in total. The van der Waals surface area contributed by atoms with Crippen molar-refractivity contribution in [3.05, 3.63) is 34.7 Å². The molecule has 0 radical (unpaired) electrons. The van der Waals surface area contributed by atoms with Gasteiger partial charge in [0, 0.05) is 5.56 Å². The lowest BCUT2D eigenvalue weighted by molar-refractivity contribution is -0.205. The van der Waals surface area contributed by atoms with E-state index in [1.165, 1.54) is 17.7 Å². The second kappa shape index (κ2) is 3.95. The van der Waals surface area contributed by atoms with E-state index in [2.05, 4.69) is 0 Å². The van der Waals surface area contributed by atoms with Crippen LogP contribution in [0.25, 0.3) is 11.3 Å². The molecule has 1 atom stereocenters. The van der Waals surface area contributed by atoms with Crippen LogP contribution in [0.15, 0.2) is 34.3 Å². The molecule has 0 aliphatic rings. The van der Waals surface area contributed by atoms with Gasteiger partial charge in [-0.25, -0.2) is 0 Å². The van der Waals surface area contributed by atoms with Crippen molar-refractivity contribution in [2.45, 2.75) is 12.3 Å². The third-order valence-electron chi connectivity index (χ3n) is 2.04. The number of hydrogen-bond acceptors (Lipinski definition) is 3. The Morgan fingerprint density at radius 1 is 1.31 bits per heavy atom. The second-order valence-electron chi connectivity index (χ2n) is 3.12. The van der Waals surface area contributed by atoms with E-state index in [1.807, 2.05) is 0 Å². The molecule has 0 aliphatic carbocycles. The lowest BCUT2D eigenvalue weighted by Crippen LogP contribution is -2.19. The minimum atomic E-state index is -4.66. The Kier molecular flexibility index (Phi) is 2.77. The van der Waals surface area contributed by atoms with Crippen LogP contribution in [0.1, 0.15) is 11.0 Å². The van der Waals surface area contributed by atoms with Crippen LogP contribution < -0.4 is 0 Å². The van der Waals surface area contributed by atoms with Gasteiger partial charge in [-0.1, -0.05) is 0 Å². The lowest BCUT2D eigenvalue weighted by atomic mass is 10.1. The highest BCUT2D eigenvalue weighted by Gasteiger charge is 2.41. The molecule has 0 spiro atoms. The molecule has 0 aliphatic heterocycles. The van der Waals surface area contributed by atoms with Crippen LogP contribution in [0.2, 0.25) is 0 Å². The molecule has 2 heterocycles. The molecular formula is C10H7F3O2S. The standard InChI is InChI=1S/C10H7F3O2S/c11-10(12,13)9(14)8-6(3-5-16-8)7-2-1-4-15-7/h1-5,9,14H. The number of rotatable bonds is 2. The van der Waals surface area contributed by atoms with Crippen LogP contribution in [0.4, 0.5) is 13.2 Å². The first kappa shape index (κ1) is 11.2. The normalized spacial score (nSPS) is 14.0. The summed E-state index contributed by atoms with van der Waals surface area (Å²) in [5.41, 5.74) is 0.278. The second-order valence-corrected chi connectivity index (χ2v) is 4.07. The van der Waals surface area contributed by atoms with Gasteiger partial charge in [-0.2, -0.15) is 13.2 Å². The number of halogens is 3. The summed E-state index contributed by atoms with van der Waals surface area (Å²) in [6.45, 7) is 0. The molecule has 2 aromatic heterocycles. The summed E-state index contributed by atoms with van der Waals surface area (Å²) in [5, 5.41) is 10.7. The van der Waals surface area contributed by atoms with Gasteiger partial charge in [-0.3, -0.25) is 0 Å². The summed E-state index contributed by atoms with van der Waals surface area (Å²) in [6.07, 6.45) is -5.75. The maximum Gasteiger partial charge on any atom is 0.419 e. The maximum atomic E-state index is 12.4. The summed E-state index contributed by atoms with van der Waals surface area (Å²) < 4.78 is 42.1. The van der Waals surface area contributed by atoms with Gasteiger partial charge in [0.25, 0.3) is 0 Å². The molecule has 0 aromatic carbocycles. The number of hydrogen-bond donors (Lipinski definition) is 1. The highest BCUT2D eigenvalue weighted by Crippen LogP contribution is 2.40. The summed E-state index contributed by atoms with van der Waals surface area (Å²) in [5.74, 6) is 0.319. The average Bonchev–Trinajstić information content (AvgIpc) is 2.85. The Bertz CT molecular complexity index is 459. The molecule has 0 bridgehead atoms. The first-order valence-electron chi connectivity index (χ1n) is 4.36. The Morgan fingerprint density at radius 2 is 2.06 bits per heavy atom. The summed E-state index contributed by atoms with van der Waals surface area (Å²) in [7, 11) is 0. The average molecular weight is 248 g/mol. The van der Waals surface area contributed by atoms with Crippen LogP contribution in [0, 0.1) is 0 Å². The summed E-state index contributed by atoms with van der Waals surface area (Å²) in [4.78, 5) is -0.151. The highest BCUT2D eigenvalue weighted by molar-refractivity contribution is 7.10. The van der Waals surface area contributed by atoms with Crippen LogP contribution in [0.5, 0.6) is 0 Å². The van der Waals surface area contributed by atoms with E-state index in [0.29, 0.717) is 5.76 Å². The van der Waals surface area contributed by atoms with E-state index < -0.39 is 12.3 Å². The van der Waals surface area contributed by atoms with E-state index in [0.717, 1.165) is 11.3 Å². The van der Waals surface area contributed by atoms with Crippen LogP contribution in [-0.2, 0) is 0 Å². The molecule has 16 heavy (non-hydrogen) atoms. The maximum absolute atomic E-state index is 12.4. The lowest BCUT2D eigenvalue weighted by Gasteiger charge is -2.14. The fraction of sp³-hybridized carbons (Fsp3) is 0.200. The smallest absolute Gasteiger partial charge is 0.419 e. The van der Waals surface area contributed by atoms with E-state index in [1.54, 1.807) is 12.1 Å². The SMILES string of the molecule is OC(c1sccc1-c1ccco1)C(F)(F)F. The highest BCUT2D eigenvalue weighted by atomic mass is 32.1. The van der Waals surface area contributed by atoms with Crippen molar-refractivity contribution in [2.75, 3.05) is 0 Å². The molecular weight excluding hydrogens is 241 g/mol. The van der Waals surface area contributed by atoms with Crippen LogP contribution >= 0.6 is 11.3 Å². The number of furan rings is 1. The Labute approximate surface area is 92.9 Å². The van der Waals surface area contributed by atoms with Gasteiger partial charge in [-0.15, -0.1) is 11.3 Å². The first-order chi connectivity index (χ1) is 7.50. The minimum Gasteiger partial charge on any atom is -0.464 e. The van der Waals surface area contributed by atoms with Gasteiger partial charge in [0.1, 0.15) is 5.76 Å². The monoisotopic (exact) mass is 248 g/mol. The molecule has 0 saturated carbocycles. The van der Waals surface area contributed by atoms with E-state index in [4.69, 9.17) is 9.52 Å². The van der Waals surface area contributed by atoms with Gasteiger partial charge >= 0.3 is 6.18 Å². The number of alkyl halides is 3. The Hall–Kier alpha value is -1.27. The fourth-order valence-electron chi connectivity index (χ4n) is 1.32. The van der Waals surface area contributed by atoms with Gasteiger partial charge in [0.05, 0.1) is 11.1 Å². The molecule has 1 unspecified atom stereocenters. The zero-order valence-electron chi connectivity index (χ0n) is 7.86. The molecule has 0 fully saturated rings. The predicted molar refractivity (Wildman–Crippen MR) is 53.0 cm³/mol. The summed E-state index contributed by atoms with van der Waals surface area (Å²) in [6, 6.07) is 4.62. The van der Waals surface area contributed by atoms with E-state index in [-0.39, 0.29) is 10.4 Å². The Balaban J connectivity index is 2.41. The van der Waals surface area contributed by atoms with Crippen molar-refractivity contribution in [3.8, 4) is 11.3 Å². The van der Waals surface area contributed by atoms with Crippen LogP contribution in [0.3, 0.4) is 0 Å². The molecule has 0 saturated heterocycles.